The first-order chi connectivity index (χ1) is 7.85. The molecule has 0 saturated heterocycles. The third kappa shape index (κ3) is 3.18. The van der Waals surface area contributed by atoms with Crippen LogP contribution in [0.1, 0.15) is 6.42 Å². The van der Waals surface area contributed by atoms with Crippen molar-refractivity contribution >= 4 is 21.7 Å². The molecule has 0 aliphatic carbocycles. The Morgan fingerprint density at radius 2 is 2.00 bits per heavy atom. The van der Waals surface area contributed by atoms with Crippen LogP contribution in [0, 0.1) is 0 Å². The van der Waals surface area contributed by atoms with E-state index in [2.05, 4.69) is 0 Å². The number of hydrogen-bond acceptors (Lipinski definition) is 4. The van der Waals surface area contributed by atoms with Crippen LogP contribution in [0.15, 0.2) is 29.2 Å². The van der Waals surface area contributed by atoms with E-state index in [4.69, 9.17) is 10.8 Å². The molecule has 0 saturated carbocycles. The first kappa shape index (κ1) is 13.5. The van der Waals surface area contributed by atoms with Crippen LogP contribution < -0.4 is 5.73 Å². The summed E-state index contributed by atoms with van der Waals surface area (Å²) in [5.41, 5.74) is 5.73. The molecule has 1 aromatic rings. The summed E-state index contributed by atoms with van der Waals surface area (Å²) in [5, 5.41) is 8.51. The topological polar surface area (TPSA) is 101 Å². The molecule has 17 heavy (non-hydrogen) atoms. The third-order valence-electron chi connectivity index (χ3n) is 2.25. The molecule has 0 aliphatic rings. The van der Waals surface area contributed by atoms with Gasteiger partial charge in [-0.3, -0.25) is 4.79 Å². The number of rotatable bonds is 5. The van der Waals surface area contributed by atoms with Crippen LogP contribution in [0.2, 0.25) is 0 Å². The molecule has 0 heterocycles. The number of carboxylic acid groups (broad SMARTS) is 1. The second-order valence-electron chi connectivity index (χ2n) is 3.51. The zero-order valence-electron chi connectivity index (χ0n) is 9.33. The molecule has 0 amide bonds. The van der Waals surface area contributed by atoms with Crippen molar-refractivity contribution in [3.8, 4) is 0 Å². The van der Waals surface area contributed by atoms with Crippen LogP contribution in [-0.2, 0) is 14.8 Å². The van der Waals surface area contributed by atoms with E-state index in [0.717, 1.165) is 4.31 Å². The lowest BCUT2D eigenvalue weighted by molar-refractivity contribution is -0.137. The number of nitrogens with zero attached hydrogens (tertiary/aromatic N) is 1. The van der Waals surface area contributed by atoms with Gasteiger partial charge in [0.15, 0.2) is 0 Å². The van der Waals surface area contributed by atoms with E-state index in [1.165, 1.54) is 19.2 Å². The van der Waals surface area contributed by atoms with Crippen LogP contribution in [0.3, 0.4) is 0 Å². The van der Waals surface area contributed by atoms with Crippen molar-refractivity contribution in [2.45, 2.75) is 11.3 Å². The molecule has 3 N–H and O–H groups in total. The normalized spacial score (nSPS) is 11.6. The maximum Gasteiger partial charge on any atom is 0.304 e. The van der Waals surface area contributed by atoms with Gasteiger partial charge >= 0.3 is 5.97 Å². The van der Waals surface area contributed by atoms with Crippen LogP contribution in [0.4, 0.5) is 5.69 Å². The Labute approximate surface area is 99.7 Å². The highest BCUT2D eigenvalue weighted by Crippen LogP contribution is 2.20. The van der Waals surface area contributed by atoms with Gasteiger partial charge in [0.25, 0.3) is 0 Å². The highest BCUT2D eigenvalue weighted by atomic mass is 32.2. The minimum atomic E-state index is -3.72. The summed E-state index contributed by atoms with van der Waals surface area (Å²) in [6.07, 6.45) is -0.248. The molecule has 1 aromatic carbocycles. The van der Waals surface area contributed by atoms with Gasteiger partial charge in [-0.1, -0.05) is 12.1 Å². The predicted molar refractivity (Wildman–Crippen MR) is 62.9 cm³/mol. The largest absolute Gasteiger partial charge is 0.481 e. The van der Waals surface area contributed by atoms with Crippen LogP contribution in [-0.4, -0.2) is 37.4 Å². The van der Waals surface area contributed by atoms with Crippen molar-refractivity contribution in [3.63, 3.8) is 0 Å². The number of hydrogen-bond donors (Lipinski definition) is 2. The Kier molecular flexibility index (Phi) is 4.08. The molecule has 0 unspecified atom stereocenters. The fourth-order valence-electron chi connectivity index (χ4n) is 1.26. The number of para-hydroxylation sites is 1. The van der Waals surface area contributed by atoms with E-state index < -0.39 is 16.0 Å². The Balaban J connectivity index is 2.96. The smallest absolute Gasteiger partial charge is 0.304 e. The molecular weight excluding hydrogens is 244 g/mol. The van der Waals surface area contributed by atoms with E-state index in [1.54, 1.807) is 12.1 Å². The summed E-state index contributed by atoms with van der Waals surface area (Å²) in [5.74, 6) is -1.05. The van der Waals surface area contributed by atoms with E-state index in [9.17, 15) is 13.2 Å². The lowest BCUT2D eigenvalue weighted by Gasteiger charge is -2.17. The van der Waals surface area contributed by atoms with Crippen LogP contribution in [0.25, 0.3) is 0 Å². The molecule has 0 radical (unpaired) electrons. The zero-order valence-corrected chi connectivity index (χ0v) is 10.1. The number of aliphatic carboxylic acids is 1. The van der Waals surface area contributed by atoms with Gasteiger partial charge in [-0.2, -0.15) is 0 Å². The maximum atomic E-state index is 12.0. The van der Waals surface area contributed by atoms with E-state index in [1.807, 2.05) is 0 Å². The minimum Gasteiger partial charge on any atom is -0.481 e. The number of anilines is 1. The number of benzene rings is 1. The fraction of sp³-hybridized carbons (Fsp3) is 0.300. The molecule has 0 fully saturated rings. The van der Waals surface area contributed by atoms with Gasteiger partial charge in [-0.15, -0.1) is 0 Å². The van der Waals surface area contributed by atoms with Crippen molar-refractivity contribution in [1.82, 2.24) is 4.31 Å². The van der Waals surface area contributed by atoms with Gasteiger partial charge < -0.3 is 10.8 Å². The molecule has 94 valence electrons. The summed E-state index contributed by atoms with van der Waals surface area (Å²) < 4.78 is 25.0. The fourth-order valence-corrected chi connectivity index (χ4v) is 2.54. The Morgan fingerprint density at radius 3 is 2.53 bits per heavy atom. The van der Waals surface area contributed by atoms with Crippen molar-refractivity contribution < 1.29 is 18.3 Å². The quantitative estimate of drug-likeness (QED) is 0.743. The molecular formula is C10H14N2O4S. The molecule has 6 nitrogen and oxygen atoms in total. The average Bonchev–Trinajstić information content (AvgIpc) is 2.26. The van der Waals surface area contributed by atoms with E-state index in [0.29, 0.717) is 0 Å². The van der Waals surface area contributed by atoms with E-state index >= 15 is 0 Å². The maximum absolute atomic E-state index is 12.0. The van der Waals surface area contributed by atoms with Gasteiger partial charge in [0.2, 0.25) is 10.0 Å². The standard InChI is InChI=1S/C10H14N2O4S/c1-12(7-6-10(13)14)17(15,16)9-5-3-2-4-8(9)11/h2-5H,6-7,11H2,1H3,(H,13,14). The van der Waals surface area contributed by atoms with Crippen molar-refractivity contribution in [2.75, 3.05) is 19.3 Å². The first-order valence-corrected chi connectivity index (χ1v) is 6.32. The number of nitrogens with two attached hydrogens (primary N) is 1. The van der Waals surface area contributed by atoms with Gasteiger partial charge in [-0.05, 0) is 12.1 Å². The highest BCUT2D eigenvalue weighted by Gasteiger charge is 2.23. The predicted octanol–water partition coefficient (Wildman–Crippen LogP) is 0.364. The summed E-state index contributed by atoms with van der Waals surface area (Å²) >= 11 is 0. The van der Waals surface area contributed by atoms with Crippen LogP contribution in [0.5, 0.6) is 0 Å². The number of carboxylic acids is 1. The zero-order chi connectivity index (χ0) is 13.1. The number of carbonyl (C=O) groups is 1. The Morgan fingerprint density at radius 1 is 1.41 bits per heavy atom. The van der Waals surface area contributed by atoms with Gasteiger partial charge in [0.05, 0.1) is 12.1 Å². The Hall–Kier alpha value is -1.60. The van der Waals surface area contributed by atoms with E-state index in [-0.39, 0.29) is 23.5 Å². The molecule has 1 rings (SSSR count). The monoisotopic (exact) mass is 258 g/mol. The molecule has 0 aromatic heterocycles. The Bertz CT molecular complexity index is 513. The van der Waals surface area contributed by atoms with Crippen molar-refractivity contribution in [2.24, 2.45) is 0 Å². The summed E-state index contributed by atoms with van der Waals surface area (Å²) in [7, 11) is -2.40. The van der Waals surface area contributed by atoms with Crippen molar-refractivity contribution in [3.05, 3.63) is 24.3 Å². The highest BCUT2D eigenvalue weighted by molar-refractivity contribution is 7.89. The summed E-state index contributed by atoms with van der Waals surface area (Å²) in [6.45, 7) is -0.0913. The number of nitrogen functional groups attached to an aromatic ring is 1. The van der Waals surface area contributed by atoms with Gasteiger partial charge in [-0.25, -0.2) is 12.7 Å². The lowest BCUT2D eigenvalue weighted by atomic mass is 10.3. The molecule has 0 aliphatic heterocycles. The lowest BCUT2D eigenvalue weighted by Crippen LogP contribution is -2.29. The SMILES string of the molecule is CN(CCC(=O)O)S(=O)(=O)c1ccccc1N. The molecule has 0 atom stereocenters. The minimum absolute atomic E-state index is 0.00658. The second-order valence-corrected chi connectivity index (χ2v) is 5.52. The van der Waals surface area contributed by atoms with Gasteiger partial charge in [0, 0.05) is 13.6 Å². The second kappa shape index (κ2) is 5.15. The van der Waals surface area contributed by atoms with Crippen molar-refractivity contribution in [1.29, 1.82) is 0 Å². The van der Waals surface area contributed by atoms with Crippen LogP contribution >= 0.6 is 0 Å². The first-order valence-electron chi connectivity index (χ1n) is 4.88. The molecule has 7 heteroatoms. The summed E-state index contributed by atoms with van der Waals surface area (Å²) in [4.78, 5) is 10.4. The number of sulfonamides is 1. The molecule has 0 bridgehead atoms. The summed E-state index contributed by atoms with van der Waals surface area (Å²) in [6, 6.07) is 6.07. The van der Waals surface area contributed by atoms with Gasteiger partial charge in [0.1, 0.15) is 4.90 Å². The average molecular weight is 258 g/mol. The molecule has 0 spiro atoms. The third-order valence-corrected chi connectivity index (χ3v) is 4.18.